The van der Waals surface area contributed by atoms with E-state index in [0.717, 1.165) is 12.5 Å². The van der Waals surface area contributed by atoms with Gasteiger partial charge in [-0.05, 0) is 18.3 Å². The summed E-state index contributed by atoms with van der Waals surface area (Å²) in [5.41, 5.74) is 0. The van der Waals surface area contributed by atoms with Crippen molar-refractivity contribution in [1.82, 2.24) is 0 Å². The lowest BCUT2D eigenvalue weighted by Crippen LogP contribution is -2.06. The molecule has 1 unspecified atom stereocenters. The van der Waals surface area contributed by atoms with Gasteiger partial charge in [-0.1, -0.05) is 38.4 Å². The third kappa shape index (κ3) is 13.8. The van der Waals surface area contributed by atoms with Gasteiger partial charge < -0.3 is 9.47 Å². The van der Waals surface area contributed by atoms with Crippen LogP contribution in [0.4, 0.5) is 8.78 Å². The maximum atomic E-state index is 11.7. The number of halogens is 3. The summed E-state index contributed by atoms with van der Waals surface area (Å²) in [4.78, 5) is 0. The highest BCUT2D eigenvalue weighted by molar-refractivity contribution is 6.29. The van der Waals surface area contributed by atoms with Crippen molar-refractivity contribution < 1.29 is 18.3 Å². The summed E-state index contributed by atoms with van der Waals surface area (Å²) in [5, 5.41) is 0.669. The Morgan fingerprint density at radius 2 is 1.79 bits per heavy atom. The molecule has 0 N–H and O–H groups in total. The van der Waals surface area contributed by atoms with E-state index in [0.29, 0.717) is 30.8 Å². The first-order chi connectivity index (χ1) is 8.91. The number of allylic oxidation sites excluding steroid dienone is 1. The van der Waals surface area contributed by atoms with E-state index in [-0.39, 0.29) is 12.5 Å². The van der Waals surface area contributed by atoms with Crippen LogP contribution in [0.15, 0.2) is 23.3 Å². The van der Waals surface area contributed by atoms with Crippen molar-refractivity contribution in [1.29, 1.82) is 0 Å². The molecule has 1 atom stereocenters. The molecule has 0 aliphatic heterocycles. The van der Waals surface area contributed by atoms with Gasteiger partial charge >= 0.3 is 0 Å². The van der Waals surface area contributed by atoms with Crippen molar-refractivity contribution in [2.45, 2.75) is 27.2 Å². The minimum Gasteiger partial charge on any atom is -0.377 e. The molecule has 0 aromatic carbocycles. The predicted octanol–water partition coefficient (Wildman–Crippen LogP) is 4.60. The first kappa shape index (κ1) is 18.6. The molecule has 0 heterocycles. The van der Waals surface area contributed by atoms with Crippen LogP contribution in [0.3, 0.4) is 0 Å². The molecule has 0 fully saturated rings. The van der Waals surface area contributed by atoms with Gasteiger partial charge in [0.25, 0.3) is 6.08 Å². The normalized spacial score (nSPS) is 13.7. The van der Waals surface area contributed by atoms with Crippen molar-refractivity contribution in [3.63, 3.8) is 0 Å². The van der Waals surface area contributed by atoms with Gasteiger partial charge in [-0.25, -0.2) is 0 Å². The summed E-state index contributed by atoms with van der Waals surface area (Å²) in [6.45, 7) is 7.61. The van der Waals surface area contributed by atoms with Crippen LogP contribution >= 0.6 is 11.6 Å². The lowest BCUT2D eigenvalue weighted by molar-refractivity contribution is 0.126. The van der Waals surface area contributed by atoms with E-state index in [2.05, 4.69) is 13.8 Å². The lowest BCUT2D eigenvalue weighted by Gasteiger charge is -2.09. The van der Waals surface area contributed by atoms with Gasteiger partial charge in [-0.3, -0.25) is 0 Å². The molecule has 0 aliphatic rings. The lowest BCUT2D eigenvalue weighted by atomic mass is 10.1. The number of ether oxygens (including phenoxy) is 2. The average Bonchev–Trinajstić information content (AvgIpc) is 2.31. The third-order valence-corrected chi connectivity index (χ3v) is 2.45. The Morgan fingerprint density at radius 1 is 1.11 bits per heavy atom. The molecule has 2 nitrogen and oxygen atoms in total. The first-order valence-electron chi connectivity index (χ1n) is 6.43. The molecule has 0 saturated carbocycles. The van der Waals surface area contributed by atoms with Crippen LogP contribution in [-0.4, -0.2) is 26.4 Å². The van der Waals surface area contributed by atoms with Crippen LogP contribution < -0.4 is 0 Å². The van der Waals surface area contributed by atoms with Crippen molar-refractivity contribution in [3.8, 4) is 0 Å². The molecule has 0 saturated heterocycles. The maximum Gasteiger partial charge on any atom is 0.268 e. The van der Waals surface area contributed by atoms with Crippen LogP contribution in [0.25, 0.3) is 0 Å². The van der Waals surface area contributed by atoms with E-state index in [1.54, 1.807) is 0 Å². The molecule has 0 bridgehead atoms. The molecular formula is C14H23ClF2O2. The second-order valence-corrected chi connectivity index (χ2v) is 5.42. The fourth-order valence-electron chi connectivity index (χ4n) is 1.24. The Bertz CT molecular complexity index is 287. The van der Waals surface area contributed by atoms with Crippen LogP contribution in [0.1, 0.15) is 27.2 Å². The summed E-state index contributed by atoms with van der Waals surface area (Å²) in [7, 11) is 0. The smallest absolute Gasteiger partial charge is 0.268 e. The van der Waals surface area contributed by atoms with Crippen LogP contribution in [-0.2, 0) is 9.47 Å². The number of hydrogen-bond acceptors (Lipinski definition) is 2. The minimum atomic E-state index is -1.71. The summed E-state index contributed by atoms with van der Waals surface area (Å²) >= 11 is 6.00. The predicted molar refractivity (Wildman–Crippen MR) is 74.5 cm³/mol. The summed E-state index contributed by atoms with van der Waals surface area (Å²) in [6, 6.07) is 0. The summed E-state index contributed by atoms with van der Waals surface area (Å²) in [5.74, 6) is 0.718. The van der Waals surface area contributed by atoms with Gasteiger partial charge in [-0.15, -0.1) is 0 Å². The van der Waals surface area contributed by atoms with Crippen molar-refractivity contribution in [2.24, 2.45) is 11.8 Å². The zero-order chi connectivity index (χ0) is 14.7. The maximum absolute atomic E-state index is 11.7. The standard InChI is InChI=1S/C14H23ClF2O2/c1-11(2)8-19-10-13(15)5-4-12(3)9-18-7-6-14(16)17/h5-6,11-12H,4,7-10H2,1-3H3/b13-5-. The second-order valence-electron chi connectivity index (χ2n) is 4.93. The molecule has 0 rings (SSSR count). The molecule has 0 radical (unpaired) electrons. The van der Waals surface area contributed by atoms with Gasteiger partial charge in [0.05, 0.1) is 13.2 Å². The average molecular weight is 297 g/mol. The van der Waals surface area contributed by atoms with E-state index in [9.17, 15) is 8.78 Å². The molecule has 0 spiro atoms. The van der Waals surface area contributed by atoms with Gasteiger partial charge in [0.15, 0.2) is 0 Å². The monoisotopic (exact) mass is 296 g/mol. The highest BCUT2D eigenvalue weighted by Crippen LogP contribution is 2.10. The highest BCUT2D eigenvalue weighted by Gasteiger charge is 2.02. The van der Waals surface area contributed by atoms with Crippen molar-refractivity contribution in [2.75, 3.05) is 26.4 Å². The Labute approximate surface area is 119 Å². The van der Waals surface area contributed by atoms with Gasteiger partial charge in [0, 0.05) is 24.3 Å². The molecule has 0 aromatic rings. The zero-order valence-corrected chi connectivity index (χ0v) is 12.6. The van der Waals surface area contributed by atoms with E-state index in [4.69, 9.17) is 21.1 Å². The Balaban J connectivity index is 3.68. The Kier molecular flexibility index (Phi) is 11.1. The van der Waals surface area contributed by atoms with E-state index in [1.807, 2.05) is 13.0 Å². The molecule has 19 heavy (non-hydrogen) atoms. The SMILES string of the molecule is CC(C)COC/C(Cl)=C/CC(C)COCC=C(F)F. The largest absolute Gasteiger partial charge is 0.377 e. The van der Waals surface area contributed by atoms with Gasteiger partial charge in [0.1, 0.15) is 0 Å². The number of rotatable bonds is 10. The first-order valence-corrected chi connectivity index (χ1v) is 6.80. The molecule has 112 valence electrons. The molecule has 0 aliphatic carbocycles. The van der Waals surface area contributed by atoms with Crippen LogP contribution in [0.5, 0.6) is 0 Å². The van der Waals surface area contributed by atoms with Crippen molar-refractivity contribution >= 4 is 11.6 Å². The van der Waals surface area contributed by atoms with E-state index < -0.39 is 6.08 Å². The molecular weight excluding hydrogens is 274 g/mol. The fraction of sp³-hybridized carbons (Fsp3) is 0.714. The van der Waals surface area contributed by atoms with Crippen LogP contribution in [0.2, 0.25) is 0 Å². The molecule has 0 aromatic heterocycles. The minimum absolute atomic E-state index is 0.0539. The highest BCUT2D eigenvalue weighted by atomic mass is 35.5. The second kappa shape index (κ2) is 11.4. The fourth-order valence-corrected chi connectivity index (χ4v) is 1.41. The topological polar surface area (TPSA) is 18.5 Å². The van der Waals surface area contributed by atoms with Gasteiger partial charge in [-0.2, -0.15) is 8.78 Å². The molecule has 0 amide bonds. The Hall–Kier alpha value is -0.450. The van der Waals surface area contributed by atoms with Crippen LogP contribution in [0, 0.1) is 11.8 Å². The zero-order valence-electron chi connectivity index (χ0n) is 11.8. The van der Waals surface area contributed by atoms with Crippen molar-refractivity contribution in [3.05, 3.63) is 23.3 Å². The third-order valence-electron chi connectivity index (χ3n) is 2.19. The Morgan fingerprint density at radius 3 is 2.37 bits per heavy atom. The van der Waals surface area contributed by atoms with E-state index >= 15 is 0 Å². The summed E-state index contributed by atoms with van der Waals surface area (Å²) in [6.07, 6.45) is 1.68. The molecule has 5 heteroatoms. The summed E-state index contributed by atoms with van der Waals surface area (Å²) < 4.78 is 33.9. The van der Waals surface area contributed by atoms with Gasteiger partial charge in [0.2, 0.25) is 0 Å². The van der Waals surface area contributed by atoms with E-state index in [1.165, 1.54) is 0 Å². The quantitative estimate of drug-likeness (QED) is 0.548. The number of hydrogen-bond donors (Lipinski definition) is 0.